The summed E-state index contributed by atoms with van der Waals surface area (Å²) >= 11 is 0. The van der Waals surface area contributed by atoms with E-state index in [1.54, 1.807) is 16.3 Å². The Hall–Kier alpha value is -2.58. The lowest BCUT2D eigenvalue weighted by molar-refractivity contribution is 0.733. The molecule has 2 aliphatic rings. The van der Waals surface area contributed by atoms with Crippen LogP contribution in [0.3, 0.4) is 0 Å². The average Bonchev–Trinajstić information content (AvgIpc) is 3.17. The van der Waals surface area contributed by atoms with E-state index in [1.807, 2.05) is 5.20 Å². The van der Waals surface area contributed by atoms with E-state index in [4.69, 9.17) is 0 Å². The number of nitrogens with zero attached hydrogens (tertiary/aromatic N) is 1. The molecule has 0 spiro atoms. The number of aromatic nitrogens is 1. The minimum atomic E-state index is -1.55. The van der Waals surface area contributed by atoms with Crippen LogP contribution in [0.4, 0.5) is 0 Å². The van der Waals surface area contributed by atoms with Crippen LogP contribution in [-0.2, 0) is 0 Å². The zero-order valence-electron chi connectivity index (χ0n) is 16.6. The first-order valence-corrected chi connectivity index (χ1v) is 13.5. The second kappa shape index (κ2) is 5.71. The van der Waals surface area contributed by atoms with E-state index >= 15 is 0 Å². The molecule has 0 unspecified atom stereocenters. The van der Waals surface area contributed by atoms with Crippen molar-refractivity contribution < 1.29 is 0 Å². The van der Waals surface area contributed by atoms with Gasteiger partial charge in [-0.3, -0.25) is 0 Å². The maximum absolute atomic E-state index is 2.57. The highest BCUT2D eigenvalue weighted by atomic mass is 28.3. The number of para-hydroxylation sites is 2. The molecule has 0 atom stereocenters. The SMILES string of the molecule is C[Si]1(C)C2=C(CCCC2)c2cc3c4ccccc4n(-c4ccccc4)c3cc21. The molecule has 0 N–H and O–H groups in total. The van der Waals surface area contributed by atoms with Gasteiger partial charge in [-0.25, -0.2) is 0 Å². The van der Waals surface area contributed by atoms with Crippen LogP contribution in [0.15, 0.2) is 71.9 Å². The molecule has 4 aromatic rings. The highest BCUT2D eigenvalue weighted by Gasteiger charge is 2.40. The molecule has 0 saturated heterocycles. The predicted octanol–water partition coefficient (Wildman–Crippen LogP) is 6.58. The molecule has 28 heavy (non-hydrogen) atoms. The lowest BCUT2D eigenvalue weighted by Crippen LogP contribution is -2.41. The zero-order chi connectivity index (χ0) is 18.9. The van der Waals surface area contributed by atoms with Crippen molar-refractivity contribution in [3.8, 4) is 5.69 Å². The Morgan fingerprint density at radius 2 is 1.50 bits per heavy atom. The fourth-order valence-electron chi connectivity index (χ4n) is 5.69. The molecule has 0 amide bonds. The standard InChI is InChI=1S/C26H25NSi/c1-28(2)25-15-9-7-13-20(25)22-16-21-19-12-6-8-14-23(19)27(24(21)17-26(22)28)18-10-4-3-5-11-18/h3-6,8,10-12,14,16-17H,7,9,13,15H2,1-2H3. The van der Waals surface area contributed by atoms with Crippen molar-refractivity contribution in [2.75, 3.05) is 0 Å². The summed E-state index contributed by atoms with van der Waals surface area (Å²) in [6.07, 6.45) is 5.34. The molecule has 6 rings (SSSR count). The van der Waals surface area contributed by atoms with Crippen molar-refractivity contribution in [3.05, 3.63) is 77.5 Å². The number of hydrogen-bond donors (Lipinski definition) is 0. The Bertz CT molecular complexity index is 1270. The van der Waals surface area contributed by atoms with Gasteiger partial charge in [0.1, 0.15) is 8.07 Å². The van der Waals surface area contributed by atoms with E-state index in [-0.39, 0.29) is 0 Å². The second-order valence-electron chi connectivity index (χ2n) is 8.89. The largest absolute Gasteiger partial charge is 0.309 e. The maximum Gasteiger partial charge on any atom is 0.108 e. The Labute approximate surface area is 167 Å². The molecular weight excluding hydrogens is 354 g/mol. The van der Waals surface area contributed by atoms with Gasteiger partial charge in [0, 0.05) is 16.5 Å². The molecule has 1 aromatic heterocycles. The summed E-state index contributed by atoms with van der Waals surface area (Å²) in [6, 6.07) is 24.8. The van der Waals surface area contributed by atoms with Crippen LogP contribution < -0.4 is 5.19 Å². The molecule has 2 heterocycles. The number of allylic oxidation sites excluding steroid dienone is 2. The highest BCUT2D eigenvalue weighted by Crippen LogP contribution is 2.44. The first-order chi connectivity index (χ1) is 13.7. The number of fused-ring (bicyclic) bond motifs is 5. The molecule has 0 bridgehead atoms. The molecule has 2 heteroatoms. The third-order valence-electron chi connectivity index (χ3n) is 7.05. The number of hydrogen-bond acceptors (Lipinski definition) is 0. The Morgan fingerprint density at radius 1 is 0.750 bits per heavy atom. The first kappa shape index (κ1) is 16.4. The van der Waals surface area contributed by atoms with Gasteiger partial charge in [-0.05, 0) is 72.3 Å². The van der Waals surface area contributed by atoms with Crippen LogP contribution in [0, 0.1) is 0 Å². The third kappa shape index (κ3) is 2.07. The van der Waals surface area contributed by atoms with Crippen LogP contribution >= 0.6 is 0 Å². The van der Waals surface area contributed by atoms with E-state index in [0.717, 1.165) is 0 Å². The lowest BCUT2D eigenvalue weighted by Gasteiger charge is -2.24. The van der Waals surface area contributed by atoms with Crippen LogP contribution in [0.25, 0.3) is 33.1 Å². The monoisotopic (exact) mass is 379 g/mol. The molecule has 138 valence electrons. The fraction of sp³-hybridized carbons (Fsp3) is 0.231. The number of rotatable bonds is 1. The minimum absolute atomic E-state index is 1.25. The van der Waals surface area contributed by atoms with Crippen molar-refractivity contribution in [1.29, 1.82) is 0 Å². The van der Waals surface area contributed by atoms with E-state index in [0.29, 0.717) is 0 Å². The van der Waals surface area contributed by atoms with Gasteiger partial charge in [-0.1, -0.05) is 54.7 Å². The van der Waals surface area contributed by atoms with Crippen molar-refractivity contribution in [3.63, 3.8) is 0 Å². The van der Waals surface area contributed by atoms with Crippen molar-refractivity contribution in [2.45, 2.75) is 38.8 Å². The van der Waals surface area contributed by atoms with Gasteiger partial charge in [-0.2, -0.15) is 0 Å². The summed E-state index contributed by atoms with van der Waals surface area (Å²) in [5.74, 6) is 0. The molecule has 1 nitrogen and oxygen atoms in total. The fourth-order valence-corrected chi connectivity index (χ4v) is 9.23. The van der Waals surface area contributed by atoms with Gasteiger partial charge in [0.2, 0.25) is 0 Å². The molecule has 0 saturated carbocycles. The van der Waals surface area contributed by atoms with Gasteiger partial charge in [0.25, 0.3) is 0 Å². The second-order valence-corrected chi connectivity index (χ2v) is 13.3. The number of benzene rings is 3. The Balaban J connectivity index is 1.74. The molecule has 3 aromatic carbocycles. The average molecular weight is 380 g/mol. The molecule has 1 aliphatic heterocycles. The molecule has 0 radical (unpaired) electrons. The van der Waals surface area contributed by atoms with Crippen LogP contribution in [0.5, 0.6) is 0 Å². The normalized spacial score (nSPS) is 17.9. The summed E-state index contributed by atoms with van der Waals surface area (Å²) in [5, 5.41) is 6.26. The Morgan fingerprint density at radius 3 is 2.36 bits per heavy atom. The van der Waals surface area contributed by atoms with Crippen molar-refractivity contribution >= 4 is 40.6 Å². The molecule has 1 aliphatic carbocycles. The van der Waals surface area contributed by atoms with Gasteiger partial charge in [0.05, 0.1) is 11.0 Å². The summed E-state index contributed by atoms with van der Waals surface area (Å²) in [4.78, 5) is 0. The third-order valence-corrected chi connectivity index (χ3v) is 10.9. The maximum atomic E-state index is 2.57. The van der Waals surface area contributed by atoms with Crippen LogP contribution in [0.2, 0.25) is 13.1 Å². The van der Waals surface area contributed by atoms with Gasteiger partial charge in [0.15, 0.2) is 0 Å². The zero-order valence-corrected chi connectivity index (χ0v) is 17.6. The van der Waals surface area contributed by atoms with Gasteiger partial charge in [-0.15, -0.1) is 0 Å². The Kier molecular flexibility index (Phi) is 3.34. The summed E-state index contributed by atoms with van der Waals surface area (Å²) in [5.41, 5.74) is 7.21. The smallest absolute Gasteiger partial charge is 0.108 e. The summed E-state index contributed by atoms with van der Waals surface area (Å²) in [6.45, 7) is 5.14. The summed E-state index contributed by atoms with van der Waals surface area (Å²) in [7, 11) is -1.55. The molecule has 0 fully saturated rings. The van der Waals surface area contributed by atoms with Crippen LogP contribution in [0.1, 0.15) is 31.2 Å². The van der Waals surface area contributed by atoms with Gasteiger partial charge >= 0.3 is 0 Å². The quantitative estimate of drug-likeness (QED) is 0.329. The molecular formula is C26H25NSi. The predicted molar refractivity (Wildman–Crippen MR) is 123 cm³/mol. The van der Waals surface area contributed by atoms with E-state index in [1.165, 1.54) is 53.2 Å². The highest BCUT2D eigenvalue weighted by molar-refractivity contribution is 6.98. The lowest BCUT2D eigenvalue weighted by atomic mass is 9.93. The minimum Gasteiger partial charge on any atom is -0.309 e. The van der Waals surface area contributed by atoms with Gasteiger partial charge < -0.3 is 4.57 Å². The summed E-state index contributed by atoms with van der Waals surface area (Å²) < 4.78 is 2.47. The van der Waals surface area contributed by atoms with E-state index < -0.39 is 8.07 Å². The van der Waals surface area contributed by atoms with E-state index in [9.17, 15) is 0 Å². The first-order valence-electron chi connectivity index (χ1n) is 10.5. The van der Waals surface area contributed by atoms with E-state index in [2.05, 4.69) is 84.4 Å². The topological polar surface area (TPSA) is 4.93 Å². The van der Waals surface area contributed by atoms with Crippen molar-refractivity contribution in [1.82, 2.24) is 4.57 Å². The van der Waals surface area contributed by atoms with Crippen molar-refractivity contribution in [2.24, 2.45) is 0 Å². The van der Waals surface area contributed by atoms with Crippen LogP contribution in [-0.4, -0.2) is 12.6 Å².